The molecule has 0 fully saturated rings. The standard InChI is InChI=1S/C13H8BrF2N3O2/c1-21-13(20)12-11(18)6(4-17)5-19(12)10-3-9(16)8(15)2-7(10)14/h2-3,5H,18H2,1H3. The smallest absolute Gasteiger partial charge is 0.357 e. The number of anilines is 1. The van der Waals surface area contributed by atoms with Crippen LogP contribution < -0.4 is 5.73 Å². The van der Waals surface area contributed by atoms with Crippen LogP contribution in [0.5, 0.6) is 0 Å². The molecule has 0 bridgehead atoms. The molecular weight excluding hydrogens is 348 g/mol. The number of hydrogen-bond donors (Lipinski definition) is 1. The van der Waals surface area contributed by atoms with Gasteiger partial charge in [0.05, 0.1) is 24.0 Å². The van der Waals surface area contributed by atoms with Crippen molar-refractivity contribution in [2.24, 2.45) is 0 Å². The zero-order chi connectivity index (χ0) is 15.7. The molecule has 0 saturated heterocycles. The first-order valence-corrected chi connectivity index (χ1v) is 6.34. The Kier molecular flexibility index (Phi) is 3.95. The van der Waals surface area contributed by atoms with Crippen molar-refractivity contribution in [2.75, 3.05) is 12.8 Å². The van der Waals surface area contributed by atoms with Crippen LogP contribution in [-0.2, 0) is 4.74 Å². The van der Waals surface area contributed by atoms with Gasteiger partial charge >= 0.3 is 5.97 Å². The molecule has 0 aliphatic rings. The summed E-state index contributed by atoms with van der Waals surface area (Å²) in [6.07, 6.45) is 1.25. The zero-order valence-electron chi connectivity index (χ0n) is 10.7. The van der Waals surface area contributed by atoms with Gasteiger partial charge in [-0.3, -0.25) is 0 Å². The van der Waals surface area contributed by atoms with E-state index in [4.69, 9.17) is 11.0 Å². The first-order valence-electron chi connectivity index (χ1n) is 5.54. The van der Waals surface area contributed by atoms with Gasteiger partial charge in [-0.15, -0.1) is 0 Å². The monoisotopic (exact) mass is 355 g/mol. The molecule has 1 heterocycles. The largest absolute Gasteiger partial charge is 0.464 e. The lowest BCUT2D eigenvalue weighted by Gasteiger charge is -2.10. The number of benzene rings is 1. The molecule has 0 aliphatic heterocycles. The van der Waals surface area contributed by atoms with E-state index in [1.807, 2.05) is 6.07 Å². The number of nitrogens with two attached hydrogens (primary N) is 1. The van der Waals surface area contributed by atoms with Crippen molar-refractivity contribution in [3.63, 3.8) is 0 Å². The molecule has 2 rings (SSSR count). The first kappa shape index (κ1) is 15.0. The summed E-state index contributed by atoms with van der Waals surface area (Å²) in [5.41, 5.74) is 5.62. The van der Waals surface area contributed by atoms with Gasteiger partial charge in [0.1, 0.15) is 6.07 Å². The summed E-state index contributed by atoms with van der Waals surface area (Å²) in [6.45, 7) is 0. The molecule has 21 heavy (non-hydrogen) atoms. The minimum atomic E-state index is -1.10. The van der Waals surface area contributed by atoms with E-state index < -0.39 is 17.6 Å². The molecule has 1 aromatic heterocycles. The summed E-state index contributed by atoms with van der Waals surface area (Å²) >= 11 is 3.08. The van der Waals surface area contributed by atoms with E-state index in [2.05, 4.69) is 20.7 Å². The quantitative estimate of drug-likeness (QED) is 0.663. The van der Waals surface area contributed by atoms with E-state index >= 15 is 0 Å². The van der Waals surface area contributed by atoms with Crippen molar-refractivity contribution in [1.29, 1.82) is 5.26 Å². The molecule has 0 atom stereocenters. The molecule has 0 spiro atoms. The number of methoxy groups -OCH3 is 1. The Labute approximate surface area is 126 Å². The third-order valence-electron chi connectivity index (χ3n) is 2.79. The van der Waals surface area contributed by atoms with Gasteiger partial charge in [0, 0.05) is 16.7 Å². The van der Waals surface area contributed by atoms with Gasteiger partial charge in [-0.25, -0.2) is 13.6 Å². The maximum Gasteiger partial charge on any atom is 0.357 e. The van der Waals surface area contributed by atoms with Gasteiger partial charge in [-0.05, 0) is 22.0 Å². The summed E-state index contributed by atoms with van der Waals surface area (Å²) in [5.74, 6) is -2.95. The van der Waals surface area contributed by atoms with E-state index in [9.17, 15) is 13.6 Å². The third-order valence-corrected chi connectivity index (χ3v) is 3.43. The fourth-order valence-corrected chi connectivity index (χ4v) is 2.31. The highest BCUT2D eigenvalue weighted by atomic mass is 79.9. The second-order valence-corrected chi connectivity index (χ2v) is 4.85. The van der Waals surface area contributed by atoms with Crippen molar-refractivity contribution >= 4 is 27.6 Å². The SMILES string of the molecule is COC(=O)c1c(N)c(C#N)cn1-c1cc(F)c(F)cc1Br. The Hall–Kier alpha value is -2.40. The highest BCUT2D eigenvalue weighted by Gasteiger charge is 2.23. The van der Waals surface area contributed by atoms with Crippen molar-refractivity contribution in [3.05, 3.63) is 45.7 Å². The predicted molar refractivity (Wildman–Crippen MR) is 73.9 cm³/mol. The Morgan fingerprint density at radius 3 is 2.62 bits per heavy atom. The van der Waals surface area contributed by atoms with E-state index in [0.29, 0.717) is 0 Å². The number of halogens is 3. The number of carbonyl (C=O) groups is 1. The molecular formula is C13H8BrF2N3O2. The average Bonchev–Trinajstić information content (AvgIpc) is 2.78. The molecule has 0 unspecified atom stereocenters. The molecule has 2 aromatic rings. The first-order chi connectivity index (χ1) is 9.90. The summed E-state index contributed by atoms with van der Waals surface area (Å²) in [7, 11) is 1.14. The maximum atomic E-state index is 13.4. The molecule has 5 nitrogen and oxygen atoms in total. The number of esters is 1. The summed E-state index contributed by atoms with van der Waals surface area (Å²) in [6, 6.07) is 3.61. The number of nitrogen functional groups attached to an aromatic ring is 1. The molecule has 2 N–H and O–H groups in total. The van der Waals surface area contributed by atoms with Gasteiger partial charge < -0.3 is 15.0 Å². The maximum absolute atomic E-state index is 13.4. The van der Waals surface area contributed by atoms with Crippen LogP contribution in [0, 0.1) is 23.0 Å². The van der Waals surface area contributed by atoms with E-state index in [0.717, 1.165) is 19.2 Å². The number of nitrogens with zero attached hydrogens (tertiary/aromatic N) is 2. The van der Waals surface area contributed by atoms with Gasteiger partial charge in [-0.2, -0.15) is 5.26 Å². The highest BCUT2D eigenvalue weighted by Crippen LogP contribution is 2.30. The van der Waals surface area contributed by atoms with Crippen LogP contribution in [0.1, 0.15) is 16.1 Å². The lowest BCUT2D eigenvalue weighted by Crippen LogP contribution is -2.11. The van der Waals surface area contributed by atoms with Crippen LogP contribution in [0.4, 0.5) is 14.5 Å². The second kappa shape index (κ2) is 5.54. The van der Waals surface area contributed by atoms with Crippen LogP contribution in [0.25, 0.3) is 5.69 Å². The Morgan fingerprint density at radius 2 is 2.05 bits per heavy atom. The van der Waals surface area contributed by atoms with E-state index in [1.165, 1.54) is 10.8 Å². The number of ether oxygens (including phenoxy) is 1. The number of nitriles is 1. The third kappa shape index (κ3) is 2.48. The van der Waals surface area contributed by atoms with Gasteiger partial charge in [0.15, 0.2) is 17.3 Å². The van der Waals surface area contributed by atoms with Gasteiger partial charge in [0.25, 0.3) is 0 Å². The van der Waals surface area contributed by atoms with E-state index in [-0.39, 0.29) is 27.1 Å². The summed E-state index contributed by atoms with van der Waals surface area (Å²) < 4.78 is 32.6. The van der Waals surface area contributed by atoms with Crippen LogP contribution >= 0.6 is 15.9 Å². The van der Waals surface area contributed by atoms with Crippen LogP contribution in [-0.4, -0.2) is 17.6 Å². The minimum absolute atomic E-state index is 0.0204. The number of hydrogen-bond acceptors (Lipinski definition) is 4. The molecule has 0 saturated carbocycles. The Balaban J connectivity index is 2.78. The van der Waals surface area contributed by atoms with Crippen molar-refractivity contribution in [3.8, 4) is 11.8 Å². The molecule has 8 heteroatoms. The summed E-state index contributed by atoms with van der Waals surface area (Å²) in [4.78, 5) is 11.8. The van der Waals surface area contributed by atoms with Crippen LogP contribution in [0.15, 0.2) is 22.8 Å². The highest BCUT2D eigenvalue weighted by molar-refractivity contribution is 9.10. The van der Waals surface area contributed by atoms with Crippen molar-refractivity contribution in [1.82, 2.24) is 4.57 Å². The Morgan fingerprint density at radius 1 is 1.43 bits per heavy atom. The lowest BCUT2D eigenvalue weighted by molar-refractivity contribution is 0.0593. The predicted octanol–water partition coefficient (Wildman–Crippen LogP) is 2.76. The average molecular weight is 356 g/mol. The fraction of sp³-hybridized carbons (Fsp3) is 0.0769. The number of carbonyl (C=O) groups excluding carboxylic acids is 1. The number of rotatable bonds is 2. The Bertz CT molecular complexity index is 781. The molecule has 0 radical (unpaired) electrons. The van der Waals surface area contributed by atoms with Crippen molar-refractivity contribution < 1.29 is 18.3 Å². The van der Waals surface area contributed by atoms with E-state index in [1.54, 1.807) is 0 Å². The second-order valence-electron chi connectivity index (χ2n) is 4.00. The molecule has 1 aromatic carbocycles. The fourth-order valence-electron chi connectivity index (χ4n) is 1.80. The van der Waals surface area contributed by atoms with Crippen LogP contribution in [0.3, 0.4) is 0 Å². The zero-order valence-corrected chi connectivity index (χ0v) is 12.2. The molecule has 0 amide bonds. The normalized spacial score (nSPS) is 10.2. The van der Waals surface area contributed by atoms with Crippen molar-refractivity contribution in [2.45, 2.75) is 0 Å². The van der Waals surface area contributed by atoms with Gasteiger partial charge in [-0.1, -0.05) is 0 Å². The minimum Gasteiger partial charge on any atom is -0.464 e. The lowest BCUT2D eigenvalue weighted by atomic mass is 10.2. The van der Waals surface area contributed by atoms with Crippen LogP contribution in [0.2, 0.25) is 0 Å². The number of aromatic nitrogens is 1. The molecule has 108 valence electrons. The summed E-state index contributed by atoms with van der Waals surface area (Å²) in [5, 5.41) is 8.98. The topological polar surface area (TPSA) is 81.0 Å². The molecule has 0 aliphatic carbocycles. The van der Waals surface area contributed by atoms with Gasteiger partial charge in [0.2, 0.25) is 0 Å².